The molecule has 172 valence electrons. The summed E-state index contributed by atoms with van der Waals surface area (Å²) in [7, 11) is 0. The zero-order valence-corrected chi connectivity index (χ0v) is 18.5. The molecule has 1 aromatic heterocycles. The van der Waals surface area contributed by atoms with E-state index in [1.807, 2.05) is 0 Å². The number of aromatic nitrogens is 2. The number of rotatable bonds is 5. The Hall–Kier alpha value is -3.50. The Labute approximate surface area is 193 Å². The molecule has 2 amide bonds. The molecule has 1 fully saturated rings. The van der Waals surface area contributed by atoms with Gasteiger partial charge in [-0.1, -0.05) is 11.6 Å². The van der Waals surface area contributed by atoms with Crippen LogP contribution in [-0.4, -0.2) is 59.6 Å². The lowest BCUT2D eigenvalue weighted by Gasteiger charge is -2.26. The van der Waals surface area contributed by atoms with Crippen LogP contribution in [-0.2, 0) is 14.3 Å². The van der Waals surface area contributed by atoms with Gasteiger partial charge in [0.05, 0.1) is 36.0 Å². The number of nitrogens with zero attached hydrogens (tertiary/aromatic N) is 3. The van der Waals surface area contributed by atoms with Gasteiger partial charge in [-0.15, -0.1) is 0 Å². The van der Waals surface area contributed by atoms with Gasteiger partial charge in [0.25, 0.3) is 0 Å². The van der Waals surface area contributed by atoms with Crippen molar-refractivity contribution < 1.29 is 23.5 Å². The summed E-state index contributed by atoms with van der Waals surface area (Å²) in [5, 5.41) is 6.23. The molecule has 3 aromatic rings. The highest BCUT2D eigenvalue weighted by molar-refractivity contribution is 6.39. The first-order chi connectivity index (χ1) is 16.0. The molecule has 0 aliphatic carbocycles. The van der Waals surface area contributed by atoms with Crippen molar-refractivity contribution in [1.82, 2.24) is 14.9 Å². The minimum Gasteiger partial charge on any atom is -0.492 e. The lowest BCUT2D eigenvalue weighted by molar-refractivity contribution is -0.145. The lowest BCUT2D eigenvalue weighted by Crippen LogP contribution is -2.45. The predicted octanol–water partition coefficient (Wildman–Crippen LogP) is 3.36. The van der Waals surface area contributed by atoms with Crippen molar-refractivity contribution in [2.45, 2.75) is 6.92 Å². The highest BCUT2D eigenvalue weighted by atomic mass is 35.5. The van der Waals surface area contributed by atoms with Gasteiger partial charge in [0.2, 0.25) is 0 Å². The van der Waals surface area contributed by atoms with Crippen LogP contribution in [0, 0.1) is 5.82 Å². The number of hydrogen-bond donors (Lipinski definition) is 2. The first-order valence-corrected chi connectivity index (χ1v) is 10.7. The van der Waals surface area contributed by atoms with Gasteiger partial charge >= 0.3 is 11.8 Å². The van der Waals surface area contributed by atoms with E-state index >= 15 is 0 Å². The van der Waals surface area contributed by atoms with Crippen molar-refractivity contribution in [2.24, 2.45) is 0 Å². The Kier molecular flexibility index (Phi) is 6.85. The van der Waals surface area contributed by atoms with Crippen LogP contribution >= 0.6 is 11.6 Å². The largest absolute Gasteiger partial charge is 0.492 e. The first-order valence-electron chi connectivity index (χ1n) is 10.3. The molecule has 4 rings (SSSR count). The van der Waals surface area contributed by atoms with Gasteiger partial charge in [-0.05, 0) is 31.2 Å². The van der Waals surface area contributed by atoms with Crippen molar-refractivity contribution in [3.63, 3.8) is 0 Å². The molecule has 0 radical (unpaired) electrons. The molecule has 11 heteroatoms. The number of halogens is 2. The second kappa shape index (κ2) is 9.97. The Balaban J connectivity index is 1.66. The minimum atomic E-state index is -0.783. The Bertz CT molecular complexity index is 1200. The van der Waals surface area contributed by atoms with E-state index in [0.29, 0.717) is 66.8 Å². The molecule has 2 N–H and O–H groups in total. The van der Waals surface area contributed by atoms with Crippen molar-refractivity contribution >= 4 is 51.5 Å². The van der Waals surface area contributed by atoms with Crippen molar-refractivity contribution in [3.05, 3.63) is 47.5 Å². The van der Waals surface area contributed by atoms with Gasteiger partial charge in [0.1, 0.15) is 23.7 Å². The maximum atomic E-state index is 13.5. The molecule has 0 bridgehead atoms. The third-order valence-electron chi connectivity index (χ3n) is 4.96. The summed E-state index contributed by atoms with van der Waals surface area (Å²) in [5.74, 6) is -1.20. The second-order valence-electron chi connectivity index (χ2n) is 7.13. The minimum absolute atomic E-state index is 0.0356. The van der Waals surface area contributed by atoms with Crippen LogP contribution in [0.2, 0.25) is 5.02 Å². The Morgan fingerprint density at radius 1 is 1.21 bits per heavy atom. The van der Waals surface area contributed by atoms with Gasteiger partial charge < -0.3 is 25.0 Å². The summed E-state index contributed by atoms with van der Waals surface area (Å²) in [6, 6.07) is 7.47. The number of fused-ring (bicyclic) bond motifs is 1. The fourth-order valence-electron chi connectivity index (χ4n) is 3.35. The fourth-order valence-corrected chi connectivity index (χ4v) is 3.53. The maximum Gasteiger partial charge on any atom is 0.314 e. The third kappa shape index (κ3) is 5.12. The van der Waals surface area contributed by atoms with E-state index in [0.717, 1.165) is 0 Å². The molecule has 0 spiro atoms. The molecular weight excluding hydrogens is 453 g/mol. The molecule has 33 heavy (non-hydrogen) atoms. The van der Waals surface area contributed by atoms with Crippen LogP contribution in [0.4, 0.5) is 21.6 Å². The molecule has 2 aromatic carbocycles. The van der Waals surface area contributed by atoms with Gasteiger partial charge in [0.15, 0.2) is 0 Å². The molecule has 2 heterocycles. The van der Waals surface area contributed by atoms with Crippen LogP contribution in [0.1, 0.15) is 6.92 Å². The van der Waals surface area contributed by atoms with Crippen LogP contribution in [0.15, 0.2) is 36.7 Å². The average Bonchev–Trinajstić information content (AvgIpc) is 2.82. The van der Waals surface area contributed by atoms with Gasteiger partial charge in [-0.3, -0.25) is 9.59 Å². The van der Waals surface area contributed by atoms with E-state index in [2.05, 4.69) is 20.6 Å². The number of morpholine rings is 1. The lowest BCUT2D eigenvalue weighted by atomic mass is 10.1. The SMILES string of the molecule is CCOc1cc2ncnc(Nc3ccc(F)c(Cl)c3)c2cc1NC(=O)C(=O)N1CCOCC1. The Morgan fingerprint density at radius 2 is 2.00 bits per heavy atom. The molecule has 1 aliphatic heterocycles. The van der Waals surface area contributed by atoms with Crippen LogP contribution in [0.25, 0.3) is 10.9 Å². The molecular formula is C22H21ClFN5O4. The van der Waals surface area contributed by atoms with Gasteiger partial charge in [0, 0.05) is 30.2 Å². The van der Waals surface area contributed by atoms with Crippen molar-refractivity contribution in [2.75, 3.05) is 43.5 Å². The highest BCUT2D eigenvalue weighted by Crippen LogP contribution is 2.34. The summed E-state index contributed by atoms with van der Waals surface area (Å²) < 4.78 is 24.4. The number of carbonyl (C=O) groups excluding carboxylic acids is 2. The summed E-state index contributed by atoms with van der Waals surface area (Å²) in [6.07, 6.45) is 1.37. The van der Waals surface area contributed by atoms with Gasteiger partial charge in [-0.25, -0.2) is 14.4 Å². The molecule has 1 saturated heterocycles. The summed E-state index contributed by atoms with van der Waals surface area (Å²) in [5.41, 5.74) is 1.36. The predicted molar refractivity (Wildman–Crippen MR) is 121 cm³/mol. The number of anilines is 3. The maximum absolute atomic E-state index is 13.5. The second-order valence-corrected chi connectivity index (χ2v) is 7.54. The van der Waals surface area contributed by atoms with Crippen LogP contribution < -0.4 is 15.4 Å². The van der Waals surface area contributed by atoms with E-state index in [1.54, 1.807) is 19.1 Å². The third-order valence-corrected chi connectivity index (χ3v) is 5.25. The summed E-state index contributed by atoms with van der Waals surface area (Å²) in [4.78, 5) is 35.2. The number of carbonyl (C=O) groups is 2. The van der Waals surface area contributed by atoms with Crippen molar-refractivity contribution in [1.29, 1.82) is 0 Å². The molecule has 1 aliphatic rings. The fraction of sp³-hybridized carbons (Fsp3) is 0.273. The number of amides is 2. The van der Waals surface area contributed by atoms with E-state index in [-0.39, 0.29) is 5.02 Å². The highest BCUT2D eigenvalue weighted by Gasteiger charge is 2.25. The normalized spacial score (nSPS) is 13.6. The topological polar surface area (TPSA) is 106 Å². The number of nitrogens with one attached hydrogen (secondary N) is 2. The summed E-state index contributed by atoms with van der Waals surface area (Å²) >= 11 is 5.87. The smallest absolute Gasteiger partial charge is 0.314 e. The number of benzene rings is 2. The number of hydrogen-bond acceptors (Lipinski definition) is 7. The van der Waals surface area contributed by atoms with E-state index < -0.39 is 17.6 Å². The Morgan fingerprint density at radius 3 is 2.73 bits per heavy atom. The zero-order valence-electron chi connectivity index (χ0n) is 17.7. The van der Waals surface area contributed by atoms with Crippen molar-refractivity contribution in [3.8, 4) is 5.75 Å². The number of ether oxygens (including phenoxy) is 2. The van der Waals surface area contributed by atoms with E-state index in [4.69, 9.17) is 21.1 Å². The zero-order chi connectivity index (χ0) is 23.4. The van der Waals surface area contributed by atoms with Crippen LogP contribution in [0.3, 0.4) is 0 Å². The first kappa shape index (κ1) is 22.7. The summed E-state index contributed by atoms with van der Waals surface area (Å²) in [6.45, 7) is 3.63. The monoisotopic (exact) mass is 473 g/mol. The average molecular weight is 474 g/mol. The van der Waals surface area contributed by atoms with E-state index in [1.165, 1.54) is 29.4 Å². The quantitative estimate of drug-likeness (QED) is 0.547. The van der Waals surface area contributed by atoms with Gasteiger partial charge in [-0.2, -0.15) is 0 Å². The van der Waals surface area contributed by atoms with Crippen LogP contribution in [0.5, 0.6) is 5.75 Å². The molecule has 9 nitrogen and oxygen atoms in total. The molecule has 0 unspecified atom stereocenters. The standard InChI is InChI=1S/C22H21ClFN5O4/c1-2-33-19-11-17-14(10-18(19)28-21(30)22(31)29-5-7-32-8-6-29)20(26-12-25-17)27-13-3-4-16(24)15(23)9-13/h3-4,9-12H,2,5-8H2,1H3,(H,28,30)(H,25,26,27). The molecule has 0 atom stereocenters. The molecule has 0 saturated carbocycles. The van der Waals surface area contributed by atoms with E-state index in [9.17, 15) is 14.0 Å².